The molecule has 0 bridgehead atoms. The molecular weight excluding hydrogens is 202 g/mol. The van der Waals surface area contributed by atoms with Crippen LogP contribution in [-0.2, 0) is 16.7 Å². The third kappa shape index (κ3) is 4.34. The second-order valence-corrected chi connectivity index (χ2v) is 4.75. The normalized spacial score (nSPS) is 11.6. The summed E-state index contributed by atoms with van der Waals surface area (Å²) in [7, 11) is -4.07. The van der Waals surface area contributed by atoms with Crippen molar-refractivity contribution in [3.05, 3.63) is 30.1 Å². The Hall–Kier alpha value is -0.940. The fraction of sp³-hybridized carbons (Fsp3) is 0.444. The minimum absolute atomic E-state index is 0.298. The summed E-state index contributed by atoms with van der Waals surface area (Å²) in [5.74, 6) is -0.298. The van der Waals surface area contributed by atoms with Gasteiger partial charge in [0.1, 0.15) is 6.54 Å². The predicted octanol–water partition coefficient (Wildman–Crippen LogP) is 0.218. The average Bonchev–Trinajstić information content (AvgIpc) is 2.06. The highest BCUT2D eigenvalue weighted by atomic mass is 32.2. The monoisotopic (exact) mass is 215 g/mol. The van der Waals surface area contributed by atoms with Crippen molar-refractivity contribution in [1.82, 2.24) is 0 Å². The zero-order valence-corrected chi connectivity index (χ0v) is 8.83. The summed E-state index contributed by atoms with van der Waals surface area (Å²) >= 11 is 0. The number of aromatic nitrogens is 1. The summed E-state index contributed by atoms with van der Waals surface area (Å²) in [6.45, 7) is 2.54. The smallest absolute Gasteiger partial charge is 0.169 e. The van der Waals surface area contributed by atoms with Crippen LogP contribution < -0.4 is 4.57 Å². The highest BCUT2D eigenvalue weighted by molar-refractivity contribution is 7.85. The number of hydrogen-bond acceptors (Lipinski definition) is 3. The Morgan fingerprint density at radius 1 is 1.36 bits per heavy atom. The molecule has 1 aromatic rings. The molecule has 0 saturated carbocycles. The van der Waals surface area contributed by atoms with Gasteiger partial charge in [0.25, 0.3) is 0 Å². The molecule has 0 aliphatic rings. The van der Waals surface area contributed by atoms with Gasteiger partial charge in [0.05, 0.1) is 10.1 Å². The second-order valence-electron chi connectivity index (χ2n) is 3.23. The largest absolute Gasteiger partial charge is 0.748 e. The molecule has 4 nitrogen and oxygen atoms in total. The first-order valence-corrected chi connectivity index (χ1v) is 5.94. The molecule has 1 heterocycles. The van der Waals surface area contributed by atoms with E-state index in [-0.39, 0.29) is 5.75 Å². The van der Waals surface area contributed by atoms with Crippen LogP contribution in [-0.4, -0.2) is 18.7 Å². The van der Waals surface area contributed by atoms with E-state index in [1.807, 2.05) is 36.0 Å². The van der Waals surface area contributed by atoms with Gasteiger partial charge >= 0.3 is 0 Å². The third-order valence-corrected chi connectivity index (χ3v) is 2.66. The van der Waals surface area contributed by atoms with Gasteiger partial charge in [-0.15, -0.1) is 0 Å². The number of pyridine rings is 1. The quantitative estimate of drug-likeness (QED) is 0.533. The SMILES string of the molecule is Cc1cc[n+](CCCS(=O)(=O)[O-])cc1. The molecule has 0 aromatic carbocycles. The molecular formula is C9H13NO3S. The lowest BCUT2D eigenvalue weighted by atomic mass is 10.3. The lowest BCUT2D eigenvalue weighted by molar-refractivity contribution is -0.696. The van der Waals surface area contributed by atoms with E-state index >= 15 is 0 Å². The minimum atomic E-state index is -4.07. The van der Waals surface area contributed by atoms with Gasteiger partial charge in [0.15, 0.2) is 12.4 Å². The van der Waals surface area contributed by atoms with Gasteiger partial charge in [-0.1, -0.05) is 0 Å². The molecule has 0 saturated heterocycles. The maximum absolute atomic E-state index is 10.3. The molecule has 0 N–H and O–H groups in total. The maximum Gasteiger partial charge on any atom is 0.169 e. The Morgan fingerprint density at radius 2 is 1.93 bits per heavy atom. The van der Waals surface area contributed by atoms with E-state index in [0.29, 0.717) is 13.0 Å². The second kappa shape index (κ2) is 4.52. The number of rotatable bonds is 4. The van der Waals surface area contributed by atoms with Gasteiger partial charge in [-0.25, -0.2) is 13.0 Å². The van der Waals surface area contributed by atoms with Crippen molar-refractivity contribution in [1.29, 1.82) is 0 Å². The molecule has 0 radical (unpaired) electrons. The van der Waals surface area contributed by atoms with Gasteiger partial charge in [0.2, 0.25) is 0 Å². The van der Waals surface area contributed by atoms with Crippen LogP contribution in [0.3, 0.4) is 0 Å². The summed E-state index contributed by atoms with van der Waals surface area (Å²) in [6.07, 6.45) is 4.10. The Bertz CT molecular complexity index is 383. The van der Waals surface area contributed by atoms with Crippen LogP contribution in [0, 0.1) is 6.92 Å². The molecule has 0 aliphatic carbocycles. The Balaban J connectivity index is 2.43. The Labute approximate surface area is 83.9 Å². The van der Waals surface area contributed by atoms with Gasteiger partial charge in [-0.3, -0.25) is 0 Å². The first kappa shape index (κ1) is 11.1. The van der Waals surface area contributed by atoms with E-state index in [1.165, 1.54) is 0 Å². The highest BCUT2D eigenvalue weighted by Gasteiger charge is 2.01. The standard InChI is InChI=1S/C9H13NO3S/c1-9-3-6-10(7-4-9)5-2-8-14(11,12)13/h3-4,6-7H,2,5,8H2,1H3. The van der Waals surface area contributed by atoms with Crippen LogP contribution in [0.15, 0.2) is 24.5 Å². The summed E-state index contributed by atoms with van der Waals surface area (Å²) in [5, 5.41) is 0. The molecule has 0 amide bonds. The summed E-state index contributed by atoms with van der Waals surface area (Å²) in [5.41, 5.74) is 1.15. The van der Waals surface area contributed by atoms with E-state index in [1.54, 1.807) is 0 Å². The lowest BCUT2D eigenvalue weighted by Gasteiger charge is -2.03. The van der Waals surface area contributed by atoms with Crippen LogP contribution in [0.4, 0.5) is 0 Å². The molecule has 5 heteroatoms. The van der Waals surface area contributed by atoms with Gasteiger partial charge in [-0.05, 0) is 12.5 Å². The van der Waals surface area contributed by atoms with Gasteiger partial charge in [-0.2, -0.15) is 0 Å². The number of hydrogen-bond donors (Lipinski definition) is 0. The zero-order chi connectivity index (χ0) is 10.6. The van der Waals surface area contributed by atoms with Crippen LogP contribution >= 0.6 is 0 Å². The molecule has 1 aromatic heterocycles. The fourth-order valence-electron chi connectivity index (χ4n) is 1.10. The molecule has 14 heavy (non-hydrogen) atoms. The Morgan fingerprint density at radius 3 is 2.43 bits per heavy atom. The van der Waals surface area contributed by atoms with E-state index in [4.69, 9.17) is 0 Å². The molecule has 0 spiro atoms. The molecule has 0 aliphatic heterocycles. The summed E-state index contributed by atoms with van der Waals surface area (Å²) in [6, 6.07) is 3.87. The topological polar surface area (TPSA) is 61.1 Å². The number of aryl methyl sites for hydroxylation is 2. The van der Waals surface area contributed by atoms with E-state index in [0.717, 1.165) is 5.56 Å². The highest BCUT2D eigenvalue weighted by Crippen LogP contribution is 1.92. The molecule has 0 atom stereocenters. The van der Waals surface area contributed by atoms with Crippen molar-refractivity contribution >= 4 is 10.1 Å². The van der Waals surface area contributed by atoms with E-state index in [2.05, 4.69) is 0 Å². The van der Waals surface area contributed by atoms with E-state index in [9.17, 15) is 13.0 Å². The Kier molecular flexibility index (Phi) is 3.60. The van der Waals surface area contributed by atoms with Crippen molar-refractivity contribution in [2.45, 2.75) is 19.9 Å². The minimum Gasteiger partial charge on any atom is -0.748 e. The van der Waals surface area contributed by atoms with Crippen LogP contribution in [0.25, 0.3) is 0 Å². The first-order chi connectivity index (χ1) is 6.47. The van der Waals surface area contributed by atoms with Crippen LogP contribution in [0.2, 0.25) is 0 Å². The van der Waals surface area contributed by atoms with Crippen LogP contribution in [0.1, 0.15) is 12.0 Å². The first-order valence-electron chi connectivity index (χ1n) is 4.37. The fourth-order valence-corrected chi connectivity index (χ4v) is 1.59. The van der Waals surface area contributed by atoms with E-state index < -0.39 is 10.1 Å². The number of nitrogens with zero attached hydrogens (tertiary/aromatic N) is 1. The maximum atomic E-state index is 10.3. The molecule has 0 fully saturated rings. The van der Waals surface area contributed by atoms with Crippen molar-refractivity contribution < 1.29 is 17.5 Å². The lowest BCUT2D eigenvalue weighted by Crippen LogP contribution is -2.33. The molecule has 0 unspecified atom stereocenters. The molecule has 1 rings (SSSR count). The van der Waals surface area contributed by atoms with Crippen molar-refractivity contribution in [3.63, 3.8) is 0 Å². The third-order valence-electron chi connectivity index (χ3n) is 1.87. The zero-order valence-electron chi connectivity index (χ0n) is 8.01. The summed E-state index contributed by atoms with van der Waals surface area (Å²) in [4.78, 5) is 0. The summed E-state index contributed by atoms with van der Waals surface area (Å²) < 4.78 is 32.8. The average molecular weight is 215 g/mol. The van der Waals surface area contributed by atoms with Crippen molar-refractivity contribution in [3.8, 4) is 0 Å². The van der Waals surface area contributed by atoms with Gasteiger partial charge in [0, 0.05) is 24.3 Å². The van der Waals surface area contributed by atoms with Crippen LogP contribution in [0.5, 0.6) is 0 Å². The predicted molar refractivity (Wildman–Crippen MR) is 50.6 cm³/mol. The van der Waals surface area contributed by atoms with Crippen molar-refractivity contribution in [2.75, 3.05) is 5.75 Å². The van der Waals surface area contributed by atoms with Gasteiger partial charge < -0.3 is 4.55 Å². The molecule has 78 valence electrons. The van der Waals surface area contributed by atoms with Crippen molar-refractivity contribution in [2.24, 2.45) is 0 Å².